The fraction of sp³-hybridized carbons (Fsp3) is 0.450. The van der Waals surface area contributed by atoms with Crippen LogP contribution in [0.4, 0.5) is 5.13 Å². The van der Waals surface area contributed by atoms with Crippen molar-refractivity contribution in [2.24, 2.45) is 5.16 Å². The summed E-state index contributed by atoms with van der Waals surface area (Å²) >= 11 is 3.53. The number of aliphatic carboxylic acids is 1. The van der Waals surface area contributed by atoms with Crippen LogP contribution in [-0.4, -0.2) is 100 Å². The third-order valence-electron chi connectivity index (χ3n) is 4.98. The number of amides is 2. The normalized spacial score (nSPS) is 19.3. The van der Waals surface area contributed by atoms with Crippen LogP contribution in [0.25, 0.3) is 0 Å². The van der Waals surface area contributed by atoms with E-state index in [1.165, 1.54) is 28.9 Å². The van der Waals surface area contributed by atoms with Gasteiger partial charge in [-0.15, -0.1) is 33.3 Å². The summed E-state index contributed by atoms with van der Waals surface area (Å²) in [5.74, 6) is -2.85. The second-order valence-corrected chi connectivity index (χ2v) is 11.9. The lowest BCUT2D eigenvalue weighted by atomic mass is 10.0. The van der Waals surface area contributed by atoms with E-state index in [9.17, 15) is 24.3 Å². The second-order valence-electron chi connectivity index (χ2n) is 8.97. The van der Waals surface area contributed by atoms with Crippen LogP contribution in [0, 0.1) is 0 Å². The fourth-order valence-electron chi connectivity index (χ4n) is 3.49. The van der Waals surface area contributed by atoms with Crippen LogP contribution in [0.15, 0.2) is 27.0 Å². The van der Waals surface area contributed by atoms with Crippen molar-refractivity contribution in [3.63, 3.8) is 0 Å². The molecule has 0 saturated carbocycles. The third kappa shape index (κ3) is 6.66. The summed E-state index contributed by atoms with van der Waals surface area (Å²) in [7, 11) is 0. The van der Waals surface area contributed by atoms with Crippen molar-refractivity contribution in [2.75, 3.05) is 23.8 Å². The summed E-state index contributed by atoms with van der Waals surface area (Å²) in [6, 6.07) is -1.03. The molecule has 1 saturated heterocycles. The highest BCUT2D eigenvalue weighted by molar-refractivity contribution is 8.01. The molecule has 0 spiro atoms. The highest BCUT2D eigenvalue weighted by Crippen LogP contribution is 2.41. The summed E-state index contributed by atoms with van der Waals surface area (Å²) in [5.41, 5.74) is 5.07. The van der Waals surface area contributed by atoms with E-state index >= 15 is 0 Å². The minimum absolute atomic E-state index is 0.0750. The van der Waals surface area contributed by atoms with Gasteiger partial charge in [-0.05, 0) is 31.6 Å². The molecule has 2 unspecified atom stereocenters. The molecule has 0 bridgehead atoms. The first-order valence-corrected chi connectivity index (χ1v) is 14.1. The Morgan fingerprint density at radius 1 is 1.38 bits per heavy atom. The molecule has 2 aliphatic heterocycles. The van der Waals surface area contributed by atoms with Crippen LogP contribution in [-0.2, 0) is 28.8 Å². The van der Waals surface area contributed by atoms with Gasteiger partial charge in [0.2, 0.25) is 11.8 Å². The number of thiazole rings is 1. The number of carboxylic acid groups (broad SMARTS) is 1. The first kappa shape index (κ1) is 28.3. The van der Waals surface area contributed by atoms with Crippen molar-refractivity contribution in [2.45, 2.75) is 42.9 Å². The summed E-state index contributed by atoms with van der Waals surface area (Å²) in [4.78, 5) is 60.4. The maximum atomic E-state index is 13.1. The zero-order valence-corrected chi connectivity index (χ0v) is 23.2. The highest BCUT2D eigenvalue weighted by atomic mass is 32.2. The number of carbonyl (C=O) groups is 4. The van der Waals surface area contributed by atoms with E-state index in [1.54, 1.807) is 20.8 Å². The van der Waals surface area contributed by atoms with Crippen molar-refractivity contribution in [1.82, 2.24) is 35.8 Å². The van der Waals surface area contributed by atoms with Crippen molar-refractivity contribution < 1.29 is 33.9 Å². The lowest BCUT2D eigenvalue weighted by Crippen LogP contribution is -2.71. The number of thioether (sulfide) groups is 2. The summed E-state index contributed by atoms with van der Waals surface area (Å²) in [6.07, 6.45) is 0. The number of aromatic nitrogens is 5. The number of esters is 1. The number of nitrogen functional groups attached to an aromatic ring is 1. The molecule has 19 heteroatoms. The number of fused-ring (bicyclic) bond motifs is 1. The number of β-lactam (4-membered cyclic amide) rings is 1. The number of ether oxygens (including phenoxy) is 1. The topological polar surface area (TPSA) is 228 Å². The predicted octanol–water partition coefficient (Wildman–Crippen LogP) is -0.168. The van der Waals surface area contributed by atoms with E-state index in [0.717, 1.165) is 16.2 Å². The van der Waals surface area contributed by atoms with E-state index in [2.05, 4.69) is 36.1 Å². The zero-order valence-electron chi connectivity index (χ0n) is 20.7. The van der Waals surface area contributed by atoms with Gasteiger partial charge < -0.3 is 25.7 Å². The number of nitrogens with two attached hydrogens (primary N) is 1. The molecule has 0 radical (unpaired) electrons. The molecule has 0 aliphatic carbocycles. The predicted molar refractivity (Wildman–Crippen MR) is 139 cm³/mol. The molecule has 0 aromatic carbocycles. The van der Waals surface area contributed by atoms with E-state index in [0.29, 0.717) is 16.5 Å². The molecule has 39 heavy (non-hydrogen) atoms. The number of rotatable bonds is 10. The van der Waals surface area contributed by atoms with Crippen molar-refractivity contribution >= 4 is 69.5 Å². The zero-order chi connectivity index (χ0) is 28.3. The number of aromatic amines is 1. The molecule has 5 N–H and O–H groups in total. The molecule has 16 nitrogen and oxygen atoms in total. The lowest BCUT2D eigenvalue weighted by Gasteiger charge is -2.49. The number of oxime groups is 1. The number of nitrogens with zero attached hydrogens (tertiary/aromatic N) is 6. The van der Waals surface area contributed by atoms with Gasteiger partial charge in [0.25, 0.3) is 11.8 Å². The first-order valence-electron chi connectivity index (χ1n) is 11.1. The van der Waals surface area contributed by atoms with Crippen LogP contribution in [0.1, 0.15) is 26.5 Å². The number of tetrazole rings is 1. The van der Waals surface area contributed by atoms with Crippen molar-refractivity contribution in [1.29, 1.82) is 0 Å². The molecule has 4 heterocycles. The minimum atomic E-state index is -1.27. The number of carbonyl (C=O) groups excluding carboxylic acids is 3. The molecule has 2 aromatic rings. The van der Waals surface area contributed by atoms with Gasteiger partial charge in [-0.1, -0.05) is 16.9 Å². The number of hydrogen-bond acceptors (Lipinski definition) is 15. The molecular formula is C20H23N9O7S3. The Balaban J connectivity index is 1.46. The van der Waals surface area contributed by atoms with Crippen LogP contribution in [0.3, 0.4) is 0 Å². The van der Waals surface area contributed by atoms with Gasteiger partial charge in [-0.3, -0.25) is 14.5 Å². The van der Waals surface area contributed by atoms with Crippen LogP contribution < -0.4 is 11.1 Å². The Morgan fingerprint density at radius 2 is 2.15 bits per heavy atom. The van der Waals surface area contributed by atoms with Crippen molar-refractivity contribution in [3.05, 3.63) is 22.3 Å². The number of hydrogen-bond donors (Lipinski definition) is 4. The second kappa shape index (κ2) is 11.6. The summed E-state index contributed by atoms with van der Waals surface area (Å²) in [5, 5.41) is 30.9. The molecule has 2 amide bonds. The SMILES string of the molecule is CC(C)(C)OC(=O)CO/N=C(/C(=O)NC1C(=O)N2C(C(=O)O)=C(CSc3nn[nH]n3)CSC12)c1csc(N)n1. The molecular weight excluding hydrogens is 574 g/mol. The van der Waals surface area contributed by atoms with E-state index in [4.69, 9.17) is 15.3 Å². The standard InChI is InChI=1S/C20H23N9O7S3/c1-20(2,3)36-10(30)4-35-26-11(9-7-38-18(21)22-9)14(31)23-12-15(32)29-13(17(33)34)8(5-37-16(12)29)6-39-19-24-27-28-25-19/h7,12,16H,4-6H2,1-3H3,(H2,21,22)(H,23,31)(H,33,34)(H,24,25,27,28)/b26-11+. The molecule has 4 rings (SSSR count). The van der Waals surface area contributed by atoms with E-state index < -0.39 is 47.4 Å². The van der Waals surface area contributed by atoms with Crippen molar-refractivity contribution in [3.8, 4) is 0 Å². The van der Waals surface area contributed by atoms with Gasteiger partial charge in [0.05, 0.1) is 0 Å². The highest BCUT2D eigenvalue weighted by Gasteiger charge is 2.54. The van der Waals surface area contributed by atoms with Gasteiger partial charge in [0.1, 0.15) is 28.4 Å². The monoisotopic (exact) mass is 597 g/mol. The van der Waals surface area contributed by atoms with Crippen LogP contribution >= 0.6 is 34.9 Å². The van der Waals surface area contributed by atoms with Gasteiger partial charge in [0.15, 0.2) is 10.8 Å². The van der Waals surface area contributed by atoms with Gasteiger partial charge in [-0.25, -0.2) is 14.6 Å². The first-order chi connectivity index (χ1) is 18.4. The summed E-state index contributed by atoms with van der Waals surface area (Å²) in [6.45, 7) is 4.50. The average Bonchev–Trinajstić information content (AvgIpc) is 3.53. The van der Waals surface area contributed by atoms with Crippen LogP contribution in [0.2, 0.25) is 0 Å². The summed E-state index contributed by atoms with van der Waals surface area (Å²) < 4.78 is 5.14. The van der Waals surface area contributed by atoms with Crippen LogP contribution in [0.5, 0.6) is 0 Å². The van der Waals surface area contributed by atoms with E-state index in [1.807, 2.05) is 0 Å². The minimum Gasteiger partial charge on any atom is -0.477 e. The Morgan fingerprint density at radius 3 is 2.77 bits per heavy atom. The number of carboxylic acids is 1. The lowest BCUT2D eigenvalue weighted by molar-refractivity contribution is -0.160. The Hall–Kier alpha value is -3.71. The van der Waals surface area contributed by atoms with Gasteiger partial charge in [0, 0.05) is 16.9 Å². The van der Waals surface area contributed by atoms with Gasteiger partial charge >= 0.3 is 11.9 Å². The largest absolute Gasteiger partial charge is 0.477 e. The Bertz CT molecular complexity index is 1340. The number of nitrogens with one attached hydrogen (secondary N) is 2. The third-order valence-corrected chi connectivity index (χ3v) is 7.91. The fourth-order valence-corrected chi connectivity index (χ4v) is 6.26. The smallest absolute Gasteiger partial charge is 0.352 e. The quantitative estimate of drug-likeness (QED) is 0.0917. The molecule has 2 atom stereocenters. The van der Waals surface area contributed by atoms with E-state index in [-0.39, 0.29) is 28.0 Å². The average molecular weight is 598 g/mol. The Kier molecular flexibility index (Phi) is 8.40. The number of H-pyrrole nitrogens is 1. The maximum Gasteiger partial charge on any atom is 0.352 e. The number of anilines is 1. The molecule has 2 aromatic heterocycles. The molecule has 208 valence electrons. The Labute approximate surface area is 233 Å². The molecule has 1 fully saturated rings. The van der Waals surface area contributed by atoms with Gasteiger partial charge in [-0.2, -0.15) is 5.21 Å². The molecule has 2 aliphatic rings. The maximum absolute atomic E-state index is 13.1.